The fourth-order valence-corrected chi connectivity index (χ4v) is 3.38. The lowest BCUT2D eigenvalue weighted by Crippen LogP contribution is -2.45. The van der Waals surface area contributed by atoms with E-state index in [-0.39, 0.29) is 5.82 Å². The Kier molecular flexibility index (Phi) is 4.88. The molecular formula is C18H23FN2O. The predicted octanol–water partition coefficient (Wildman–Crippen LogP) is 2.93. The van der Waals surface area contributed by atoms with Gasteiger partial charge in [-0.2, -0.15) is 0 Å². The van der Waals surface area contributed by atoms with Crippen LogP contribution in [0.25, 0.3) is 6.08 Å². The van der Waals surface area contributed by atoms with E-state index in [9.17, 15) is 9.18 Å². The Morgan fingerprint density at radius 1 is 1.14 bits per heavy atom. The van der Waals surface area contributed by atoms with Gasteiger partial charge in [0.25, 0.3) is 0 Å². The summed E-state index contributed by atoms with van der Waals surface area (Å²) < 4.78 is 12.8. The molecule has 0 bridgehead atoms. The van der Waals surface area contributed by atoms with Crippen LogP contribution >= 0.6 is 0 Å². The molecule has 1 aromatic carbocycles. The van der Waals surface area contributed by atoms with Crippen molar-refractivity contribution in [2.45, 2.75) is 31.7 Å². The van der Waals surface area contributed by atoms with Crippen molar-refractivity contribution in [3.05, 3.63) is 41.7 Å². The fourth-order valence-electron chi connectivity index (χ4n) is 3.38. The summed E-state index contributed by atoms with van der Waals surface area (Å²) in [6.45, 7) is 3.95. The highest BCUT2D eigenvalue weighted by Crippen LogP contribution is 2.22. The second-order valence-corrected chi connectivity index (χ2v) is 6.18. The van der Waals surface area contributed by atoms with Crippen LogP contribution in [-0.4, -0.2) is 47.9 Å². The first-order valence-electron chi connectivity index (χ1n) is 8.16. The zero-order valence-corrected chi connectivity index (χ0v) is 12.9. The van der Waals surface area contributed by atoms with Crippen LogP contribution in [0.1, 0.15) is 31.2 Å². The molecule has 3 nitrogen and oxygen atoms in total. The summed E-state index contributed by atoms with van der Waals surface area (Å²) in [7, 11) is 0. The normalized spacial score (nSPS) is 21.1. The third-order valence-corrected chi connectivity index (χ3v) is 4.65. The van der Waals surface area contributed by atoms with Gasteiger partial charge in [0, 0.05) is 38.6 Å². The van der Waals surface area contributed by atoms with Crippen molar-refractivity contribution in [3.63, 3.8) is 0 Å². The highest BCUT2D eigenvalue weighted by Gasteiger charge is 2.30. The molecule has 2 aliphatic heterocycles. The molecule has 3 rings (SSSR count). The zero-order chi connectivity index (χ0) is 15.4. The Bertz CT molecular complexity index is 533. The van der Waals surface area contributed by atoms with Gasteiger partial charge in [-0.05, 0) is 37.0 Å². The summed E-state index contributed by atoms with van der Waals surface area (Å²) in [5.74, 6) is 0.144. The number of carbonyl (C=O) groups is 1. The number of likely N-dealkylation sites (tertiary alicyclic amines) is 2. The van der Waals surface area contributed by atoms with E-state index in [1.807, 2.05) is 6.08 Å². The lowest BCUT2D eigenvalue weighted by atomic mass is 10.0. The molecule has 0 atom stereocenters. The summed E-state index contributed by atoms with van der Waals surface area (Å²) in [6.07, 6.45) is 8.09. The van der Waals surface area contributed by atoms with Gasteiger partial charge in [0.15, 0.2) is 0 Å². The second-order valence-electron chi connectivity index (χ2n) is 6.18. The average molecular weight is 302 g/mol. The van der Waals surface area contributed by atoms with E-state index in [1.54, 1.807) is 12.1 Å². The van der Waals surface area contributed by atoms with E-state index >= 15 is 0 Å². The molecule has 22 heavy (non-hydrogen) atoms. The second kappa shape index (κ2) is 7.05. The molecule has 2 saturated heterocycles. The predicted molar refractivity (Wildman–Crippen MR) is 85.8 cm³/mol. The van der Waals surface area contributed by atoms with Gasteiger partial charge in [-0.3, -0.25) is 9.69 Å². The van der Waals surface area contributed by atoms with Gasteiger partial charge in [0.2, 0.25) is 5.91 Å². The smallest absolute Gasteiger partial charge is 0.222 e. The van der Waals surface area contributed by atoms with Crippen LogP contribution in [-0.2, 0) is 4.79 Å². The van der Waals surface area contributed by atoms with Crippen molar-refractivity contribution in [1.29, 1.82) is 0 Å². The molecular weight excluding hydrogens is 279 g/mol. The molecule has 118 valence electrons. The molecule has 0 N–H and O–H groups in total. The summed E-state index contributed by atoms with van der Waals surface area (Å²) >= 11 is 0. The molecule has 2 fully saturated rings. The number of benzene rings is 1. The van der Waals surface area contributed by atoms with Crippen LogP contribution in [0.3, 0.4) is 0 Å². The third-order valence-electron chi connectivity index (χ3n) is 4.65. The molecule has 0 aliphatic carbocycles. The minimum absolute atomic E-state index is 0.198. The minimum atomic E-state index is -0.198. The number of hydrogen-bond acceptors (Lipinski definition) is 2. The first-order chi connectivity index (χ1) is 10.7. The number of amides is 1. The summed E-state index contributed by atoms with van der Waals surface area (Å²) in [5.41, 5.74) is 1.03. The van der Waals surface area contributed by atoms with Crippen LogP contribution in [0.2, 0.25) is 0 Å². The van der Waals surface area contributed by atoms with E-state index in [0.717, 1.165) is 57.4 Å². The van der Waals surface area contributed by atoms with Crippen molar-refractivity contribution >= 4 is 12.0 Å². The van der Waals surface area contributed by atoms with Crippen LogP contribution < -0.4 is 0 Å². The number of nitrogens with zero attached hydrogens (tertiary/aromatic N) is 2. The highest BCUT2D eigenvalue weighted by atomic mass is 19.1. The van der Waals surface area contributed by atoms with Crippen molar-refractivity contribution in [2.24, 2.45) is 0 Å². The maximum Gasteiger partial charge on any atom is 0.222 e. The number of hydrogen-bond donors (Lipinski definition) is 0. The van der Waals surface area contributed by atoms with Gasteiger partial charge >= 0.3 is 0 Å². The number of piperidine rings is 1. The first-order valence-corrected chi connectivity index (χ1v) is 8.16. The molecule has 2 heterocycles. The quantitative estimate of drug-likeness (QED) is 0.854. The monoisotopic (exact) mass is 302 g/mol. The highest BCUT2D eigenvalue weighted by molar-refractivity contribution is 5.78. The lowest BCUT2D eigenvalue weighted by Gasteiger charge is -2.36. The lowest BCUT2D eigenvalue weighted by molar-refractivity contribution is -0.130. The molecule has 1 amide bonds. The Morgan fingerprint density at radius 3 is 2.50 bits per heavy atom. The number of halogens is 1. The van der Waals surface area contributed by atoms with Gasteiger partial charge in [0.1, 0.15) is 5.82 Å². The van der Waals surface area contributed by atoms with Crippen LogP contribution in [0.15, 0.2) is 30.3 Å². The van der Waals surface area contributed by atoms with Gasteiger partial charge in [-0.15, -0.1) is 0 Å². The molecule has 2 aliphatic rings. The van der Waals surface area contributed by atoms with Crippen LogP contribution in [0.5, 0.6) is 0 Å². The first kappa shape index (κ1) is 15.2. The average Bonchev–Trinajstić information content (AvgIpc) is 2.96. The van der Waals surface area contributed by atoms with E-state index in [4.69, 9.17) is 0 Å². The van der Waals surface area contributed by atoms with E-state index in [2.05, 4.69) is 15.9 Å². The molecule has 0 spiro atoms. The molecule has 0 aromatic heterocycles. The van der Waals surface area contributed by atoms with Gasteiger partial charge in [0.05, 0.1) is 0 Å². The summed E-state index contributed by atoms with van der Waals surface area (Å²) in [6, 6.07) is 7.00. The minimum Gasteiger partial charge on any atom is -0.340 e. The largest absolute Gasteiger partial charge is 0.340 e. The SMILES string of the molecule is O=C1CCCN1C1CCN(CC=Cc2ccc(F)cc2)CC1. The summed E-state index contributed by atoms with van der Waals surface area (Å²) in [5, 5.41) is 0. The van der Waals surface area contributed by atoms with E-state index < -0.39 is 0 Å². The van der Waals surface area contributed by atoms with Crippen LogP contribution in [0.4, 0.5) is 4.39 Å². The van der Waals surface area contributed by atoms with Gasteiger partial charge in [-0.1, -0.05) is 24.3 Å². The van der Waals surface area contributed by atoms with Crippen molar-refractivity contribution in [1.82, 2.24) is 9.80 Å². The summed E-state index contributed by atoms with van der Waals surface area (Å²) in [4.78, 5) is 16.3. The van der Waals surface area contributed by atoms with Crippen molar-refractivity contribution in [2.75, 3.05) is 26.2 Å². The zero-order valence-electron chi connectivity index (χ0n) is 12.9. The van der Waals surface area contributed by atoms with E-state index in [0.29, 0.717) is 11.9 Å². The topological polar surface area (TPSA) is 23.6 Å². The van der Waals surface area contributed by atoms with Gasteiger partial charge < -0.3 is 4.90 Å². The standard InChI is InChI=1S/C18H23FN2O/c19-16-7-5-15(6-8-16)3-1-11-20-13-9-17(10-14-20)21-12-2-4-18(21)22/h1,3,5-8,17H,2,4,9-14H2. The van der Waals surface area contributed by atoms with E-state index in [1.165, 1.54) is 12.1 Å². The van der Waals surface area contributed by atoms with Crippen molar-refractivity contribution < 1.29 is 9.18 Å². The Hall–Kier alpha value is -1.68. The maximum absolute atomic E-state index is 12.8. The molecule has 0 saturated carbocycles. The number of carbonyl (C=O) groups excluding carboxylic acids is 1. The maximum atomic E-state index is 12.8. The Labute approximate surface area is 131 Å². The van der Waals surface area contributed by atoms with Gasteiger partial charge in [-0.25, -0.2) is 4.39 Å². The molecule has 0 unspecified atom stereocenters. The Balaban J connectivity index is 1.44. The Morgan fingerprint density at radius 2 is 1.86 bits per heavy atom. The number of rotatable bonds is 4. The molecule has 0 radical (unpaired) electrons. The molecule has 1 aromatic rings. The van der Waals surface area contributed by atoms with Crippen LogP contribution in [0, 0.1) is 5.82 Å². The fraction of sp³-hybridized carbons (Fsp3) is 0.500. The third kappa shape index (κ3) is 3.74. The van der Waals surface area contributed by atoms with Crippen molar-refractivity contribution in [3.8, 4) is 0 Å². The molecule has 4 heteroatoms.